The van der Waals surface area contributed by atoms with Gasteiger partial charge in [0.25, 0.3) is 5.89 Å². The van der Waals surface area contributed by atoms with Crippen molar-refractivity contribution in [2.75, 3.05) is 6.61 Å². The number of nitrogens with zero attached hydrogens (tertiary/aromatic N) is 3. The van der Waals surface area contributed by atoms with E-state index in [-0.39, 0.29) is 13.2 Å². The lowest BCUT2D eigenvalue weighted by Crippen LogP contribution is -2.48. The van der Waals surface area contributed by atoms with E-state index in [1.165, 1.54) is 62.0 Å². The van der Waals surface area contributed by atoms with Gasteiger partial charge in [0.15, 0.2) is 5.82 Å². The second kappa shape index (κ2) is 16.4. The van der Waals surface area contributed by atoms with Crippen molar-refractivity contribution in [2.45, 2.75) is 110 Å². The third-order valence-corrected chi connectivity index (χ3v) is 7.80. The monoisotopic (exact) mass is 615 g/mol. The zero-order valence-corrected chi connectivity index (χ0v) is 26.2. The van der Waals surface area contributed by atoms with Gasteiger partial charge in [0.2, 0.25) is 0 Å². The van der Waals surface area contributed by atoms with E-state index in [0.717, 1.165) is 31.4 Å². The Labute approximate surface area is 258 Å². The molecular weight excluding hydrogens is 571 g/mol. The largest absolute Gasteiger partial charge is 0.459 e. The normalized spacial score (nSPS) is 11.9. The highest BCUT2D eigenvalue weighted by molar-refractivity contribution is 6.32. The summed E-state index contributed by atoms with van der Waals surface area (Å²) >= 11 is 0. The molecule has 1 amide bonds. The number of carbonyl (C=O) groups excluding carboxylic acids is 2. The average molecular weight is 616 g/mol. The molecule has 0 bridgehead atoms. The molecule has 0 aliphatic carbocycles. The number of halogens is 3. The smallest absolute Gasteiger partial charge is 0.416 e. The fourth-order valence-electron chi connectivity index (χ4n) is 5.05. The minimum Gasteiger partial charge on any atom is -0.459 e. The van der Waals surface area contributed by atoms with Gasteiger partial charge in [0.1, 0.15) is 0 Å². The Balaban J connectivity index is 1.66. The van der Waals surface area contributed by atoms with Crippen LogP contribution in [0.15, 0.2) is 53.1 Å². The second-order valence-corrected chi connectivity index (χ2v) is 11.5. The lowest BCUT2D eigenvalue weighted by atomic mass is 9.90. The molecule has 0 N–H and O–H groups in total. The summed E-state index contributed by atoms with van der Waals surface area (Å²) < 4.78 is 49.8. The van der Waals surface area contributed by atoms with Crippen molar-refractivity contribution in [3.8, 4) is 11.5 Å². The van der Waals surface area contributed by atoms with E-state index in [1.54, 1.807) is 45.0 Å². The highest BCUT2D eigenvalue weighted by Crippen LogP contribution is 2.34. The molecule has 3 aromatic rings. The van der Waals surface area contributed by atoms with Crippen LogP contribution in [0.1, 0.15) is 108 Å². The number of benzene rings is 2. The van der Waals surface area contributed by atoms with Crippen molar-refractivity contribution in [1.82, 2.24) is 15.0 Å². The van der Waals surface area contributed by atoms with Crippen LogP contribution in [0, 0.1) is 0 Å². The van der Waals surface area contributed by atoms with Gasteiger partial charge in [-0.25, -0.2) is 4.79 Å². The fourth-order valence-corrected chi connectivity index (χ4v) is 5.05. The van der Waals surface area contributed by atoms with Crippen LogP contribution in [0.25, 0.3) is 11.5 Å². The van der Waals surface area contributed by atoms with E-state index in [2.05, 4.69) is 17.1 Å². The van der Waals surface area contributed by atoms with Crippen LogP contribution >= 0.6 is 0 Å². The number of aryl methyl sites for hydroxylation is 1. The molecule has 0 atom stereocenters. The molecule has 0 saturated carbocycles. The Morgan fingerprint density at radius 1 is 0.818 bits per heavy atom. The molecule has 3 rings (SSSR count). The van der Waals surface area contributed by atoms with Gasteiger partial charge < -0.3 is 14.2 Å². The zero-order chi connectivity index (χ0) is 32.2. The highest BCUT2D eigenvalue weighted by Gasteiger charge is 2.38. The first-order chi connectivity index (χ1) is 21.0. The minimum absolute atomic E-state index is 0.0130. The van der Waals surface area contributed by atoms with Crippen LogP contribution in [0.2, 0.25) is 0 Å². The Bertz CT molecular complexity index is 1320. The second-order valence-electron chi connectivity index (χ2n) is 11.5. The quantitative estimate of drug-likeness (QED) is 0.0911. The average Bonchev–Trinajstić information content (AvgIpc) is 3.47. The summed E-state index contributed by atoms with van der Waals surface area (Å²) in [6.07, 6.45) is 7.40. The molecule has 0 fully saturated rings. The van der Waals surface area contributed by atoms with Gasteiger partial charge in [0, 0.05) is 18.5 Å². The third-order valence-electron chi connectivity index (χ3n) is 7.80. The Hall–Kier alpha value is -3.69. The number of rotatable bonds is 16. The van der Waals surface area contributed by atoms with Crippen molar-refractivity contribution in [2.24, 2.45) is 0 Å². The lowest BCUT2D eigenvalue weighted by Gasteiger charge is -2.38. The van der Waals surface area contributed by atoms with Gasteiger partial charge in [-0.3, -0.25) is 4.79 Å². The van der Waals surface area contributed by atoms with Crippen LogP contribution in [-0.2, 0) is 39.0 Å². The van der Waals surface area contributed by atoms with Crippen LogP contribution in [-0.4, -0.2) is 33.5 Å². The number of aromatic nitrogens is 2. The van der Waals surface area contributed by atoms with Crippen LogP contribution in [0.5, 0.6) is 0 Å². The molecule has 0 aliphatic rings. The molecule has 0 radical (unpaired) electrons. The summed E-state index contributed by atoms with van der Waals surface area (Å²) in [5, 5.41) is 4.12. The zero-order valence-electron chi connectivity index (χ0n) is 26.2. The third kappa shape index (κ3) is 9.92. The number of unbranched alkanes of at least 4 members (excludes halogenated alkanes) is 8. The molecule has 0 spiro atoms. The molecule has 2 aromatic carbocycles. The van der Waals surface area contributed by atoms with Crippen LogP contribution in [0.4, 0.5) is 13.2 Å². The standard InChI is InChI=1S/C34H44F3N3O4/c1-5-7-8-9-10-11-12-13-14-15-29-38-30(44-39-29)26-18-16-25(17-19-26)24-40(31(41)32(42)43-6-2)33(3,4)27-20-22-28(23-21-27)34(35,36)37/h16-23H,5-15,24H2,1-4H3. The molecule has 1 heterocycles. The van der Waals surface area contributed by atoms with Crippen molar-refractivity contribution in [3.63, 3.8) is 0 Å². The Morgan fingerprint density at radius 3 is 1.95 bits per heavy atom. The lowest BCUT2D eigenvalue weighted by molar-refractivity contribution is -0.163. The molecule has 240 valence electrons. The van der Waals surface area contributed by atoms with E-state index < -0.39 is 29.2 Å². The number of esters is 1. The minimum atomic E-state index is -4.49. The maximum Gasteiger partial charge on any atom is 0.416 e. The number of hydrogen-bond donors (Lipinski definition) is 0. The summed E-state index contributed by atoms with van der Waals surface area (Å²) in [6, 6.07) is 11.7. The highest BCUT2D eigenvalue weighted by atomic mass is 19.4. The first-order valence-corrected chi connectivity index (χ1v) is 15.6. The first kappa shape index (κ1) is 34.8. The van der Waals surface area contributed by atoms with Crippen LogP contribution in [0.3, 0.4) is 0 Å². The predicted octanol–water partition coefficient (Wildman–Crippen LogP) is 8.66. The topological polar surface area (TPSA) is 85.5 Å². The summed E-state index contributed by atoms with van der Waals surface area (Å²) in [5.41, 5.74) is -0.0904. The molecule has 0 unspecified atom stereocenters. The SMILES string of the molecule is CCCCCCCCCCCc1noc(-c2ccc(CN(C(=O)C(=O)OCC)C(C)(C)c3ccc(C(F)(F)F)cc3)cc2)n1. The van der Waals surface area contributed by atoms with Crippen molar-refractivity contribution in [3.05, 3.63) is 71.0 Å². The van der Waals surface area contributed by atoms with E-state index >= 15 is 0 Å². The fraction of sp³-hybridized carbons (Fsp3) is 0.529. The van der Waals surface area contributed by atoms with E-state index in [9.17, 15) is 22.8 Å². The Kier molecular flexibility index (Phi) is 13.0. The molecule has 0 aliphatic heterocycles. The van der Waals surface area contributed by atoms with E-state index in [1.807, 2.05) is 0 Å². The van der Waals surface area contributed by atoms with Crippen LogP contribution < -0.4 is 0 Å². The van der Waals surface area contributed by atoms with Crippen molar-refractivity contribution < 1.29 is 32.0 Å². The number of amides is 1. The number of carbonyl (C=O) groups is 2. The Morgan fingerprint density at radius 2 is 1.39 bits per heavy atom. The number of alkyl halides is 3. The van der Waals surface area contributed by atoms with E-state index in [0.29, 0.717) is 28.4 Å². The predicted molar refractivity (Wildman–Crippen MR) is 162 cm³/mol. The van der Waals surface area contributed by atoms with Gasteiger partial charge in [-0.1, -0.05) is 87.7 Å². The van der Waals surface area contributed by atoms with Gasteiger partial charge in [-0.05, 0) is 62.6 Å². The van der Waals surface area contributed by atoms with E-state index in [4.69, 9.17) is 9.26 Å². The van der Waals surface area contributed by atoms with Crippen molar-refractivity contribution in [1.29, 1.82) is 0 Å². The van der Waals surface area contributed by atoms with Crippen molar-refractivity contribution >= 4 is 11.9 Å². The van der Waals surface area contributed by atoms with Gasteiger partial charge in [0.05, 0.1) is 17.7 Å². The molecule has 7 nitrogen and oxygen atoms in total. The van der Waals surface area contributed by atoms with Gasteiger partial charge in [-0.15, -0.1) is 0 Å². The number of hydrogen-bond acceptors (Lipinski definition) is 6. The first-order valence-electron chi connectivity index (χ1n) is 15.6. The summed E-state index contributed by atoms with van der Waals surface area (Å²) in [7, 11) is 0. The van der Waals surface area contributed by atoms with Gasteiger partial charge in [-0.2, -0.15) is 18.2 Å². The summed E-state index contributed by atoms with van der Waals surface area (Å²) in [5.74, 6) is -0.864. The summed E-state index contributed by atoms with van der Waals surface area (Å²) in [6.45, 7) is 7.20. The summed E-state index contributed by atoms with van der Waals surface area (Å²) in [4.78, 5) is 31.5. The molecule has 10 heteroatoms. The molecule has 1 aromatic heterocycles. The molecule has 44 heavy (non-hydrogen) atoms. The molecule has 0 saturated heterocycles. The van der Waals surface area contributed by atoms with Gasteiger partial charge >= 0.3 is 18.1 Å². The number of ether oxygens (including phenoxy) is 1. The molecular formula is C34H44F3N3O4. The maximum atomic E-state index is 13.2. The maximum absolute atomic E-state index is 13.2.